The van der Waals surface area contributed by atoms with Crippen LogP contribution in [-0.4, -0.2) is 68.3 Å². The van der Waals surface area contributed by atoms with Gasteiger partial charge in [0.15, 0.2) is 0 Å². The number of carbonyl (C=O) groups is 1. The van der Waals surface area contributed by atoms with Gasteiger partial charge in [0.05, 0.1) is 11.7 Å². The summed E-state index contributed by atoms with van der Waals surface area (Å²) < 4.78 is 1.77. The van der Waals surface area contributed by atoms with Crippen molar-refractivity contribution in [2.75, 3.05) is 32.0 Å². The number of hydrogen-bond donors (Lipinski definition) is 1. The smallest absolute Gasteiger partial charge is 0.322 e. The lowest BCUT2D eigenvalue weighted by molar-refractivity contribution is 0.125. The van der Waals surface area contributed by atoms with Crippen molar-refractivity contribution in [3.05, 3.63) is 36.8 Å². The third-order valence-corrected chi connectivity index (χ3v) is 5.09. The molecule has 2 amide bonds. The van der Waals surface area contributed by atoms with E-state index in [1.54, 1.807) is 10.9 Å². The van der Waals surface area contributed by atoms with Crippen LogP contribution >= 0.6 is 0 Å². The van der Waals surface area contributed by atoms with Crippen LogP contribution in [0.2, 0.25) is 0 Å². The van der Waals surface area contributed by atoms with E-state index in [1.165, 1.54) is 0 Å². The van der Waals surface area contributed by atoms with Crippen LogP contribution in [0.4, 0.5) is 10.7 Å². The van der Waals surface area contributed by atoms with Gasteiger partial charge in [0.25, 0.3) is 0 Å². The average molecular weight is 365 g/mol. The highest BCUT2D eigenvalue weighted by molar-refractivity contribution is 5.90. The molecule has 27 heavy (non-hydrogen) atoms. The van der Waals surface area contributed by atoms with Crippen molar-refractivity contribution in [1.82, 2.24) is 29.5 Å². The van der Waals surface area contributed by atoms with E-state index >= 15 is 0 Å². The fourth-order valence-electron chi connectivity index (χ4n) is 3.24. The summed E-state index contributed by atoms with van der Waals surface area (Å²) in [4.78, 5) is 25.4. The molecule has 0 saturated carbocycles. The molecule has 0 aliphatic carbocycles. The summed E-state index contributed by atoms with van der Waals surface area (Å²) in [5.74, 6) is 0.322. The third-order valence-electron chi connectivity index (χ3n) is 5.09. The Hall–Kier alpha value is -3.00. The van der Waals surface area contributed by atoms with Gasteiger partial charge in [-0.15, -0.1) is 0 Å². The summed E-state index contributed by atoms with van der Waals surface area (Å²) in [6.45, 7) is 4.38. The molecule has 0 bridgehead atoms. The van der Waals surface area contributed by atoms with Crippen molar-refractivity contribution in [1.29, 1.82) is 0 Å². The van der Waals surface area contributed by atoms with E-state index < -0.39 is 0 Å². The molecule has 140 valence electrons. The SMILES string of the molecule is CC1CN(C(=O)Nc2ncc3ccc(-c4cnn(C)c4)cc3n2)CCN1C. The predicted octanol–water partition coefficient (Wildman–Crippen LogP) is 2.20. The number of aryl methyl sites for hydroxylation is 1. The zero-order valence-electron chi connectivity index (χ0n) is 15.8. The molecule has 1 atom stereocenters. The van der Waals surface area contributed by atoms with Gasteiger partial charge < -0.3 is 9.80 Å². The largest absolute Gasteiger partial charge is 0.324 e. The van der Waals surface area contributed by atoms with Gasteiger partial charge in [0.2, 0.25) is 5.95 Å². The number of anilines is 1. The molecule has 1 saturated heterocycles. The molecule has 1 aliphatic rings. The molecule has 1 unspecified atom stereocenters. The van der Waals surface area contributed by atoms with Crippen LogP contribution in [0.3, 0.4) is 0 Å². The Balaban J connectivity index is 1.54. The molecule has 0 spiro atoms. The molecule has 0 radical (unpaired) electrons. The lowest BCUT2D eigenvalue weighted by atomic mass is 10.1. The van der Waals surface area contributed by atoms with Crippen LogP contribution in [0.25, 0.3) is 22.0 Å². The van der Waals surface area contributed by atoms with Gasteiger partial charge in [-0.1, -0.05) is 12.1 Å². The summed E-state index contributed by atoms with van der Waals surface area (Å²) in [5.41, 5.74) is 2.84. The van der Waals surface area contributed by atoms with E-state index in [1.807, 2.05) is 42.5 Å². The second kappa shape index (κ2) is 6.96. The molecule has 1 fully saturated rings. The Kier molecular flexibility index (Phi) is 4.49. The molecule has 3 aromatic rings. The molecular formula is C19H23N7O. The first-order chi connectivity index (χ1) is 13.0. The van der Waals surface area contributed by atoms with E-state index in [4.69, 9.17) is 0 Å². The lowest BCUT2D eigenvalue weighted by Crippen LogP contribution is -2.53. The minimum absolute atomic E-state index is 0.155. The second-order valence-corrected chi connectivity index (χ2v) is 7.08. The number of piperazine rings is 1. The molecular weight excluding hydrogens is 342 g/mol. The van der Waals surface area contributed by atoms with Gasteiger partial charge in [0, 0.05) is 56.1 Å². The first kappa shape index (κ1) is 17.4. The highest BCUT2D eigenvalue weighted by Gasteiger charge is 2.24. The van der Waals surface area contributed by atoms with Crippen LogP contribution in [0.15, 0.2) is 36.8 Å². The van der Waals surface area contributed by atoms with E-state index in [0.29, 0.717) is 25.1 Å². The molecule has 3 heterocycles. The minimum Gasteiger partial charge on any atom is -0.322 e. The molecule has 4 rings (SSSR count). The van der Waals surface area contributed by atoms with Crippen LogP contribution in [0.5, 0.6) is 0 Å². The first-order valence-corrected chi connectivity index (χ1v) is 9.01. The van der Waals surface area contributed by atoms with E-state index in [2.05, 4.69) is 39.3 Å². The van der Waals surface area contributed by atoms with Crippen molar-refractivity contribution < 1.29 is 4.79 Å². The fourth-order valence-corrected chi connectivity index (χ4v) is 3.24. The normalized spacial score (nSPS) is 18.0. The summed E-state index contributed by atoms with van der Waals surface area (Å²) in [6, 6.07) is 6.17. The number of benzene rings is 1. The molecule has 2 aromatic heterocycles. The number of nitrogens with zero attached hydrogens (tertiary/aromatic N) is 6. The molecule has 8 nitrogen and oxygen atoms in total. The van der Waals surface area contributed by atoms with Gasteiger partial charge in [-0.2, -0.15) is 5.10 Å². The Morgan fingerprint density at radius 2 is 2.04 bits per heavy atom. The monoisotopic (exact) mass is 365 g/mol. The molecule has 1 aromatic carbocycles. The first-order valence-electron chi connectivity index (χ1n) is 9.01. The van der Waals surface area contributed by atoms with E-state index in [0.717, 1.165) is 28.6 Å². The summed E-state index contributed by atoms with van der Waals surface area (Å²) >= 11 is 0. The van der Waals surface area contributed by atoms with Crippen LogP contribution in [0, 0.1) is 0 Å². The number of nitrogens with one attached hydrogen (secondary N) is 1. The Labute approximate surface area is 157 Å². The van der Waals surface area contributed by atoms with Gasteiger partial charge in [-0.3, -0.25) is 10.00 Å². The predicted molar refractivity (Wildman–Crippen MR) is 104 cm³/mol. The van der Waals surface area contributed by atoms with Crippen molar-refractivity contribution in [3.63, 3.8) is 0 Å². The summed E-state index contributed by atoms with van der Waals surface area (Å²) in [7, 11) is 3.96. The Morgan fingerprint density at radius 3 is 2.78 bits per heavy atom. The molecule has 1 aliphatic heterocycles. The highest BCUT2D eigenvalue weighted by Crippen LogP contribution is 2.23. The number of hydrogen-bond acceptors (Lipinski definition) is 5. The van der Waals surface area contributed by atoms with Crippen LogP contribution in [0.1, 0.15) is 6.92 Å². The van der Waals surface area contributed by atoms with Gasteiger partial charge in [-0.25, -0.2) is 14.8 Å². The Bertz CT molecular complexity index is 983. The zero-order chi connectivity index (χ0) is 19.0. The summed E-state index contributed by atoms with van der Waals surface area (Å²) in [6.07, 6.45) is 5.51. The van der Waals surface area contributed by atoms with Crippen molar-refractivity contribution in [2.24, 2.45) is 7.05 Å². The van der Waals surface area contributed by atoms with Crippen molar-refractivity contribution in [3.8, 4) is 11.1 Å². The highest BCUT2D eigenvalue weighted by atomic mass is 16.2. The minimum atomic E-state index is -0.155. The van der Waals surface area contributed by atoms with Crippen molar-refractivity contribution >= 4 is 22.9 Å². The number of urea groups is 1. The van der Waals surface area contributed by atoms with Gasteiger partial charge in [-0.05, 0) is 25.6 Å². The van der Waals surface area contributed by atoms with Gasteiger partial charge >= 0.3 is 6.03 Å². The zero-order valence-corrected chi connectivity index (χ0v) is 15.8. The average Bonchev–Trinajstić information content (AvgIpc) is 3.09. The maximum atomic E-state index is 12.6. The third kappa shape index (κ3) is 3.61. The molecule has 8 heteroatoms. The lowest BCUT2D eigenvalue weighted by Gasteiger charge is -2.37. The molecule has 1 N–H and O–H groups in total. The van der Waals surface area contributed by atoms with Crippen molar-refractivity contribution in [2.45, 2.75) is 13.0 Å². The summed E-state index contributed by atoms with van der Waals surface area (Å²) in [5, 5.41) is 7.97. The maximum absolute atomic E-state index is 12.6. The number of carbonyl (C=O) groups excluding carboxylic acids is 1. The fraction of sp³-hybridized carbons (Fsp3) is 0.368. The van der Waals surface area contributed by atoms with Gasteiger partial charge in [0.1, 0.15) is 0 Å². The quantitative estimate of drug-likeness (QED) is 0.753. The second-order valence-electron chi connectivity index (χ2n) is 7.08. The Morgan fingerprint density at radius 1 is 1.19 bits per heavy atom. The van der Waals surface area contributed by atoms with Crippen LogP contribution < -0.4 is 5.32 Å². The standard InChI is InChI=1S/C19H23N7O/c1-13-11-26(7-6-24(13)2)19(27)23-18-20-9-15-5-4-14(8-17(15)22-18)16-10-21-25(3)12-16/h4-5,8-10,12-13H,6-7,11H2,1-3H3,(H,20,22,23,27). The van der Waals surface area contributed by atoms with E-state index in [-0.39, 0.29) is 6.03 Å². The topological polar surface area (TPSA) is 79.2 Å². The number of rotatable bonds is 2. The number of fused-ring (bicyclic) bond motifs is 1. The van der Waals surface area contributed by atoms with E-state index in [9.17, 15) is 4.79 Å². The number of amides is 2. The maximum Gasteiger partial charge on any atom is 0.324 e. The number of likely N-dealkylation sites (N-methyl/N-ethyl adjacent to an activating group) is 1. The van der Waals surface area contributed by atoms with Crippen LogP contribution in [-0.2, 0) is 7.05 Å². The number of aromatic nitrogens is 4.